The lowest BCUT2D eigenvalue weighted by Crippen LogP contribution is -2.37. The van der Waals surface area contributed by atoms with Gasteiger partial charge in [-0.3, -0.25) is 0 Å². The number of ether oxygens (including phenoxy) is 1. The van der Waals surface area contributed by atoms with Crippen molar-refractivity contribution in [1.82, 2.24) is 15.5 Å². The minimum absolute atomic E-state index is 0.220. The molecular weight excluding hydrogens is 568 g/mol. The van der Waals surface area contributed by atoms with Gasteiger partial charge in [0.25, 0.3) is 0 Å². The maximum Gasteiger partial charge on any atom is 0.410 e. The lowest BCUT2D eigenvalue weighted by atomic mass is 9.90. The van der Waals surface area contributed by atoms with Crippen molar-refractivity contribution in [2.75, 3.05) is 31.5 Å². The molecule has 6 nitrogen and oxygen atoms in total. The molecule has 3 N–H and O–H groups in total. The van der Waals surface area contributed by atoms with Crippen LogP contribution in [0.25, 0.3) is 0 Å². The van der Waals surface area contributed by atoms with Gasteiger partial charge in [-0.25, -0.2) is 4.79 Å². The number of carbonyl (C=O) groups is 1. The quantitative estimate of drug-likeness (QED) is 0.111. The van der Waals surface area contributed by atoms with Gasteiger partial charge in [0, 0.05) is 31.4 Å². The van der Waals surface area contributed by atoms with Crippen molar-refractivity contribution < 1.29 is 9.53 Å². The second-order valence-electron chi connectivity index (χ2n) is 12.8. The van der Waals surface area contributed by atoms with Gasteiger partial charge in [-0.05, 0) is 121 Å². The number of carbonyl (C=O) groups excluding carboxylic acids is 1. The minimum Gasteiger partial charge on any atom is -0.444 e. The summed E-state index contributed by atoms with van der Waals surface area (Å²) in [5.74, 6) is 0.799. The zero-order chi connectivity index (χ0) is 33.6. The van der Waals surface area contributed by atoms with Gasteiger partial charge in [-0.2, -0.15) is 0 Å². The van der Waals surface area contributed by atoms with Crippen LogP contribution in [0.5, 0.6) is 0 Å². The van der Waals surface area contributed by atoms with Gasteiger partial charge in [0.1, 0.15) is 5.60 Å². The summed E-state index contributed by atoms with van der Waals surface area (Å²) in [6.45, 7) is 16.3. The SMILES string of the molecule is C#C.C=CC/C(=C\NC/C=C\C)CCCNc1cccc(CN(C(=O)OC(C)(C)C)C2CC2)c1.c1ccc(C2CCNCC2)cc1. The van der Waals surface area contributed by atoms with E-state index >= 15 is 0 Å². The number of piperidine rings is 1. The first-order valence-corrected chi connectivity index (χ1v) is 16.8. The number of nitrogens with one attached hydrogen (secondary N) is 3. The fraction of sp³-hybridized carbons (Fsp3) is 0.475. The Labute approximate surface area is 279 Å². The van der Waals surface area contributed by atoms with Crippen LogP contribution >= 0.6 is 0 Å². The fourth-order valence-electron chi connectivity index (χ4n) is 5.26. The Morgan fingerprint density at radius 3 is 2.41 bits per heavy atom. The standard InChI is InChI=1S/C27H41N3O2.C11H15N.C2H2/c1-6-8-17-28-20-22(11-7-2)13-10-18-29-24-14-9-12-23(19-24)21-30(25-15-16-25)26(31)32-27(3,4)5;1-2-4-10(5-3-1)11-6-8-12-9-7-11;1-2/h6-9,12,14,19-20,25,28-29H,2,10-11,13,15-18,21H2,1,3-5H3;1-5,11-12H,6-9H2;1-2H/b8-6-,22-20+;;. The first-order chi connectivity index (χ1) is 22.3. The monoisotopic (exact) mass is 626 g/mol. The summed E-state index contributed by atoms with van der Waals surface area (Å²) >= 11 is 0. The van der Waals surface area contributed by atoms with Crippen LogP contribution in [0.2, 0.25) is 0 Å². The maximum absolute atomic E-state index is 12.6. The molecular formula is C40H58N4O2. The molecule has 2 aromatic carbocycles. The summed E-state index contributed by atoms with van der Waals surface area (Å²) in [6, 6.07) is 19.5. The highest BCUT2D eigenvalue weighted by molar-refractivity contribution is 5.69. The normalized spacial score (nSPS) is 15.0. The Balaban J connectivity index is 0.000000433. The molecule has 0 atom stereocenters. The summed E-state index contributed by atoms with van der Waals surface area (Å²) in [5, 5.41) is 10.2. The third-order valence-electron chi connectivity index (χ3n) is 7.69. The van der Waals surface area contributed by atoms with Crippen molar-refractivity contribution in [3.63, 3.8) is 0 Å². The lowest BCUT2D eigenvalue weighted by molar-refractivity contribution is 0.0216. The number of benzene rings is 2. The first kappa shape index (κ1) is 38.2. The van der Waals surface area contributed by atoms with Gasteiger partial charge in [-0.1, -0.05) is 66.3 Å². The first-order valence-electron chi connectivity index (χ1n) is 16.8. The minimum atomic E-state index is -0.477. The highest BCUT2D eigenvalue weighted by atomic mass is 16.6. The molecule has 2 aliphatic rings. The molecule has 250 valence electrons. The van der Waals surface area contributed by atoms with Gasteiger partial charge in [0.2, 0.25) is 0 Å². The lowest BCUT2D eigenvalue weighted by Gasteiger charge is -2.27. The molecule has 0 bridgehead atoms. The highest BCUT2D eigenvalue weighted by Gasteiger charge is 2.35. The summed E-state index contributed by atoms with van der Waals surface area (Å²) in [4.78, 5) is 14.5. The molecule has 46 heavy (non-hydrogen) atoms. The van der Waals surface area contributed by atoms with Gasteiger partial charge in [0.15, 0.2) is 0 Å². The van der Waals surface area contributed by atoms with E-state index in [1.54, 1.807) is 0 Å². The zero-order valence-electron chi connectivity index (χ0n) is 28.8. The number of rotatable bonds is 14. The van der Waals surface area contributed by atoms with E-state index in [-0.39, 0.29) is 6.09 Å². The molecule has 1 saturated heterocycles. The van der Waals surface area contributed by atoms with Gasteiger partial charge in [0.05, 0.1) is 0 Å². The number of allylic oxidation sites excluding steroid dienone is 3. The third kappa shape index (κ3) is 15.9. The number of hydrogen-bond acceptors (Lipinski definition) is 5. The van der Waals surface area contributed by atoms with Crippen LogP contribution in [0.15, 0.2) is 91.2 Å². The van der Waals surface area contributed by atoms with Crippen molar-refractivity contribution >= 4 is 11.8 Å². The molecule has 2 fully saturated rings. The fourth-order valence-corrected chi connectivity index (χ4v) is 5.26. The van der Waals surface area contributed by atoms with Crippen molar-refractivity contribution in [3.05, 3.63) is 102 Å². The maximum atomic E-state index is 12.6. The van der Waals surface area contributed by atoms with E-state index in [9.17, 15) is 4.79 Å². The molecule has 0 radical (unpaired) electrons. The van der Waals surface area contributed by atoms with Crippen LogP contribution in [0.4, 0.5) is 10.5 Å². The predicted molar refractivity (Wildman–Crippen MR) is 196 cm³/mol. The number of amides is 1. The molecule has 1 aliphatic heterocycles. The topological polar surface area (TPSA) is 65.6 Å². The molecule has 0 unspecified atom stereocenters. The van der Waals surface area contributed by atoms with Crippen molar-refractivity contribution in [2.45, 2.75) is 96.7 Å². The van der Waals surface area contributed by atoms with Crippen LogP contribution in [0.1, 0.15) is 89.7 Å². The number of nitrogens with zero attached hydrogens (tertiary/aromatic N) is 1. The average Bonchev–Trinajstić information content (AvgIpc) is 3.91. The van der Waals surface area contributed by atoms with Crippen molar-refractivity contribution in [1.29, 1.82) is 0 Å². The van der Waals surface area contributed by atoms with Crippen LogP contribution in [0, 0.1) is 12.8 Å². The molecule has 1 heterocycles. The summed E-state index contributed by atoms with van der Waals surface area (Å²) in [6.07, 6.45) is 23.7. The van der Waals surface area contributed by atoms with E-state index in [0.29, 0.717) is 12.6 Å². The van der Waals surface area contributed by atoms with Crippen LogP contribution in [0.3, 0.4) is 0 Å². The van der Waals surface area contributed by atoms with E-state index in [1.807, 2.05) is 50.8 Å². The number of hydrogen-bond donors (Lipinski definition) is 3. The van der Waals surface area contributed by atoms with Gasteiger partial charge in [-0.15, -0.1) is 19.4 Å². The Hall–Kier alpha value is -3.95. The summed E-state index contributed by atoms with van der Waals surface area (Å²) < 4.78 is 5.62. The third-order valence-corrected chi connectivity index (χ3v) is 7.69. The van der Waals surface area contributed by atoms with Crippen LogP contribution < -0.4 is 16.0 Å². The second-order valence-corrected chi connectivity index (χ2v) is 12.8. The molecule has 0 aromatic heterocycles. The van der Waals surface area contributed by atoms with Crippen LogP contribution in [-0.4, -0.2) is 48.8 Å². The van der Waals surface area contributed by atoms with E-state index in [4.69, 9.17) is 4.74 Å². The van der Waals surface area contributed by atoms with E-state index in [1.165, 1.54) is 37.1 Å². The van der Waals surface area contributed by atoms with Crippen molar-refractivity contribution in [3.8, 4) is 12.8 Å². The number of anilines is 1. The second kappa shape index (κ2) is 21.7. The van der Waals surface area contributed by atoms with E-state index in [0.717, 1.165) is 62.4 Å². The Morgan fingerprint density at radius 1 is 1.07 bits per heavy atom. The molecule has 0 spiro atoms. The van der Waals surface area contributed by atoms with Gasteiger partial charge >= 0.3 is 6.09 Å². The van der Waals surface area contributed by atoms with E-state index in [2.05, 4.69) is 96.2 Å². The highest BCUT2D eigenvalue weighted by Crippen LogP contribution is 2.30. The largest absolute Gasteiger partial charge is 0.444 e. The molecule has 1 saturated carbocycles. The molecule has 6 heteroatoms. The predicted octanol–water partition coefficient (Wildman–Crippen LogP) is 8.81. The van der Waals surface area contributed by atoms with Gasteiger partial charge < -0.3 is 25.6 Å². The Morgan fingerprint density at radius 2 is 1.78 bits per heavy atom. The van der Waals surface area contributed by atoms with E-state index < -0.39 is 5.60 Å². The smallest absolute Gasteiger partial charge is 0.410 e. The summed E-state index contributed by atoms with van der Waals surface area (Å²) in [5.41, 5.74) is 4.60. The van der Waals surface area contributed by atoms with Crippen LogP contribution in [-0.2, 0) is 11.3 Å². The molecule has 1 amide bonds. The summed E-state index contributed by atoms with van der Waals surface area (Å²) in [7, 11) is 0. The average molecular weight is 627 g/mol. The molecule has 4 rings (SSSR count). The zero-order valence-corrected chi connectivity index (χ0v) is 28.8. The Bertz CT molecular complexity index is 1220. The molecule has 2 aromatic rings. The molecule has 1 aliphatic carbocycles. The Kier molecular flexibility index (Phi) is 18.1. The van der Waals surface area contributed by atoms with Crippen molar-refractivity contribution in [2.24, 2.45) is 0 Å². The number of terminal acetylenes is 1.